The minimum atomic E-state index is -0.0197. The van der Waals surface area contributed by atoms with E-state index >= 15 is 0 Å². The number of rotatable bonds is 5. The topological polar surface area (TPSA) is 55.6 Å². The van der Waals surface area contributed by atoms with Crippen LogP contribution in [0.3, 0.4) is 0 Å². The monoisotopic (exact) mass is 378 g/mol. The van der Waals surface area contributed by atoms with E-state index in [-0.39, 0.29) is 12.5 Å². The molecule has 1 heterocycles. The number of likely N-dealkylation sites (tertiary alicyclic amines) is 1. The lowest BCUT2D eigenvalue weighted by Crippen LogP contribution is -2.30. The second-order valence-electron chi connectivity index (χ2n) is 6.16. The molecule has 6 heteroatoms. The van der Waals surface area contributed by atoms with Crippen molar-refractivity contribution in [3.05, 3.63) is 63.6 Å². The van der Waals surface area contributed by atoms with E-state index in [2.05, 4.69) is 0 Å². The molecular formula is C19H20Cl2N2O2. The van der Waals surface area contributed by atoms with Crippen LogP contribution in [0.5, 0.6) is 5.75 Å². The Morgan fingerprint density at radius 2 is 2.04 bits per heavy atom. The Hall–Kier alpha value is -1.75. The maximum absolute atomic E-state index is 12.8. The lowest BCUT2D eigenvalue weighted by molar-refractivity contribution is 0.0782. The molecule has 1 saturated heterocycles. The van der Waals surface area contributed by atoms with Crippen molar-refractivity contribution in [2.24, 2.45) is 11.7 Å². The molecular weight excluding hydrogens is 359 g/mol. The maximum Gasteiger partial charge on any atom is 0.257 e. The van der Waals surface area contributed by atoms with E-state index in [1.165, 1.54) is 0 Å². The molecule has 25 heavy (non-hydrogen) atoms. The second kappa shape index (κ2) is 8.09. The lowest BCUT2D eigenvalue weighted by Gasteiger charge is -2.19. The van der Waals surface area contributed by atoms with Crippen LogP contribution in [0.15, 0.2) is 42.5 Å². The second-order valence-corrected chi connectivity index (χ2v) is 7.01. The van der Waals surface area contributed by atoms with Gasteiger partial charge in [-0.3, -0.25) is 4.79 Å². The Bertz CT molecular complexity index is 767. The molecule has 4 nitrogen and oxygen atoms in total. The molecule has 1 aliphatic heterocycles. The molecule has 2 aromatic rings. The van der Waals surface area contributed by atoms with Crippen molar-refractivity contribution in [3.8, 4) is 5.75 Å². The number of hydrogen-bond acceptors (Lipinski definition) is 3. The summed E-state index contributed by atoms with van der Waals surface area (Å²) in [5.74, 6) is 0.911. The van der Waals surface area contributed by atoms with Crippen molar-refractivity contribution >= 4 is 29.1 Å². The van der Waals surface area contributed by atoms with Gasteiger partial charge < -0.3 is 15.4 Å². The predicted molar refractivity (Wildman–Crippen MR) is 100 cm³/mol. The number of halogens is 2. The molecule has 1 unspecified atom stereocenters. The number of amides is 1. The van der Waals surface area contributed by atoms with Crippen LogP contribution in [-0.2, 0) is 6.61 Å². The number of hydrogen-bond donors (Lipinski definition) is 1. The van der Waals surface area contributed by atoms with Gasteiger partial charge in [0.25, 0.3) is 5.91 Å². The average molecular weight is 379 g/mol. The molecule has 0 aromatic heterocycles. The third-order valence-electron chi connectivity index (χ3n) is 4.42. The predicted octanol–water partition coefficient (Wildman–Crippen LogP) is 3.99. The fourth-order valence-corrected chi connectivity index (χ4v) is 3.41. The van der Waals surface area contributed by atoms with Crippen LogP contribution in [0.1, 0.15) is 22.3 Å². The van der Waals surface area contributed by atoms with Gasteiger partial charge in [-0.1, -0.05) is 41.4 Å². The number of nitrogens with two attached hydrogens (primary N) is 1. The first-order valence-corrected chi connectivity index (χ1v) is 8.99. The van der Waals surface area contributed by atoms with Crippen molar-refractivity contribution in [1.29, 1.82) is 0 Å². The first kappa shape index (κ1) is 18.1. The standard InChI is InChI=1S/C19H20Cl2N2O2/c20-15-6-5-14(17(21)9-15)12-25-18-4-2-1-3-16(18)19(24)23-8-7-13(10-22)11-23/h1-6,9,13H,7-8,10-12,22H2. The Morgan fingerprint density at radius 3 is 2.76 bits per heavy atom. The molecule has 1 fully saturated rings. The maximum atomic E-state index is 12.8. The smallest absolute Gasteiger partial charge is 0.257 e. The molecule has 0 saturated carbocycles. The molecule has 0 spiro atoms. The van der Waals surface area contributed by atoms with Crippen LogP contribution < -0.4 is 10.5 Å². The summed E-state index contributed by atoms with van der Waals surface area (Å²) in [6, 6.07) is 12.5. The van der Waals surface area contributed by atoms with Gasteiger partial charge in [0.15, 0.2) is 0 Å². The number of para-hydroxylation sites is 1. The SMILES string of the molecule is NCC1CCN(C(=O)c2ccccc2OCc2ccc(Cl)cc2Cl)C1. The summed E-state index contributed by atoms with van der Waals surface area (Å²) in [5.41, 5.74) is 7.09. The van der Waals surface area contributed by atoms with Crippen molar-refractivity contribution in [2.75, 3.05) is 19.6 Å². The van der Waals surface area contributed by atoms with Crippen molar-refractivity contribution < 1.29 is 9.53 Å². The minimum Gasteiger partial charge on any atom is -0.488 e. The van der Waals surface area contributed by atoms with Crippen LogP contribution in [0.25, 0.3) is 0 Å². The van der Waals surface area contributed by atoms with Gasteiger partial charge in [-0.05, 0) is 43.1 Å². The Balaban J connectivity index is 1.73. The van der Waals surface area contributed by atoms with Crippen molar-refractivity contribution in [2.45, 2.75) is 13.0 Å². The molecule has 132 valence electrons. The van der Waals surface area contributed by atoms with Gasteiger partial charge in [0, 0.05) is 28.7 Å². The van der Waals surface area contributed by atoms with E-state index in [4.69, 9.17) is 33.7 Å². The van der Waals surface area contributed by atoms with E-state index in [1.807, 2.05) is 23.1 Å². The molecule has 3 rings (SSSR count). The van der Waals surface area contributed by atoms with E-state index in [0.29, 0.717) is 40.4 Å². The quantitative estimate of drug-likeness (QED) is 0.855. The van der Waals surface area contributed by atoms with Crippen LogP contribution in [0.2, 0.25) is 10.0 Å². The van der Waals surface area contributed by atoms with Crippen LogP contribution in [0, 0.1) is 5.92 Å². The number of benzene rings is 2. The Kier molecular flexibility index (Phi) is 5.84. The molecule has 2 aromatic carbocycles. The number of carbonyl (C=O) groups is 1. The third-order valence-corrected chi connectivity index (χ3v) is 5.01. The molecule has 1 atom stereocenters. The first-order valence-electron chi connectivity index (χ1n) is 8.23. The normalized spacial score (nSPS) is 16.9. The van der Waals surface area contributed by atoms with Crippen LogP contribution in [0.4, 0.5) is 0 Å². The fourth-order valence-electron chi connectivity index (χ4n) is 2.94. The highest BCUT2D eigenvalue weighted by atomic mass is 35.5. The summed E-state index contributed by atoms with van der Waals surface area (Å²) < 4.78 is 5.88. The molecule has 0 bridgehead atoms. The zero-order valence-electron chi connectivity index (χ0n) is 13.8. The van der Waals surface area contributed by atoms with Gasteiger partial charge in [-0.25, -0.2) is 0 Å². The minimum absolute atomic E-state index is 0.0197. The molecule has 1 amide bonds. The van der Waals surface area contributed by atoms with Crippen LogP contribution >= 0.6 is 23.2 Å². The highest BCUT2D eigenvalue weighted by molar-refractivity contribution is 6.35. The van der Waals surface area contributed by atoms with Gasteiger partial charge in [-0.2, -0.15) is 0 Å². The largest absolute Gasteiger partial charge is 0.488 e. The summed E-state index contributed by atoms with van der Waals surface area (Å²) in [6.07, 6.45) is 0.950. The van der Waals surface area contributed by atoms with Gasteiger partial charge >= 0.3 is 0 Å². The lowest BCUT2D eigenvalue weighted by atomic mass is 10.1. The average Bonchev–Trinajstić information content (AvgIpc) is 3.10. The van der Waals surface area contributed by atoms with E-state index in [1.54, 1.807) is 24.3 Å². The van der Waals surface area contributed by atoms with Gasteiger partial charge in [-0.15, -0.1) is 0 Å². The number of nitrogens with zero attached hydrogens (tertiary/aromatic N) is 1. The van der Waals surface area contributed by atoms with Gasteiger partial charge in [0.2, 0.25) is 0 Å². The summed E-state index contributed by atoms with van der Waals surface area (Å²) in [5, 5.41) is 1.12. The zero-order valence-corrected chi connectivity index (χ0v) is 15.3. The van der Waals surface area contributed by atoms with Crippen LogP contribution in [-0.4, -0.2) is 30.4 Å². The number of carbonyl (C=O) groups excluding carboxylic acids is 1. The third kappa shape index (κ3) is 4.27. The first-order chi connectivity index (χ1) is 12.1. The summed E-state index contributed by atoms with van der Waals surface area (Å²) in [4.78, 5) is 14.7. The van der Waals surface area contributed by atoms with Gasteiger partial charge in [0.05, 0.1) is 5.56 Å². The zero-order chi connectivity index (χ0) is 17.8. The molecule has 2 N–H and O–H groups in total. The van der Waals surface area contributed by atoms with E-state index in [0.717, 1.165) is 18.5 Å². The fraction of sp³-hybridized carbons (Fsp3) is 0.316. The van der Waals surface area contributed by atoms with Crippen molar-refractivity contribution in [3.63, 3.8) is 0 Å². The Morgan fingerprint density at radius 1 is 1.24 bits per heavy atom. The summed E-state index contributed by atoms with van der Waals surface area (Å²) >= 11 is 12.1. The highest BCUT2D eigenvalue weighted by Crippen LogP contribution is 2.26. The van der Waals surface area contributed by atoms with E-state index in [9.17, 15) is 4.79 Å². The number of ether oxygens (including phenoxy) is 1. The molecule has 1 aliphatic rings. The van der Waals surface area contributed by atoms with Crippen molar-refractivity contribution in [1.82, 2.24) is 4.90 Å². The summed E-state index contributed by atoms with van der Waals surface area (Å²) in [6.45, 7) is 2.31. The summed E-state index contributed by atoms with van der Waals surface area (Å²) in [7, 11) is 0. The highest BCUT2D eigenvalue weighted by Gasteiger charge is 2.27. The van der Waals surface area contributed by atoms with E-state index < -0.39 is 0 Å². The molecule has 0 radical (unpaired) electrons. The van der Waals surface area contributed by atoms with Gasteiger partial charge in [0.1, 0.15) is 12.4 Å². The Labute approximate surface area is 157 Å². The molecule has 0 aliphatic carbocycles.